The SMILES string of the molecule is COc1c(C=C2SC(=Nc3ccccc3)NC2=O)cccc1[N+](=O)[O-]. The van der Waals surface area contributed by atoms with Crippen LogP contribution in [0.1, 0.15) is 5.56 Å². The minimum absolute atomic E-state index is 0.113. The standard InChI is InChI=1S/C17H13N3O4S/c1-24-15-11(6-5-9-13(15)20(22)23)10-14-16(21)19-17(25-14)18-12-7-3-2-4-8-12/h2-10H,1H3,(H,18,19,21). The lowest BCUT2D eigenvalue weighted by Gasteiger charge is -2.05. The lowest BCUT2D eigenvalue weighted by atomic mass is 10.1. The summed E-state index contributed by atoms with van der Waals surface area (Å²) in [5.41, 5.74) is 1.02. The van der Waals surface area contributed by atoms with Gasteiger partial charge in [0, 0.05) is 11.6 Å². The molecule has 0 saturated carbocycles. The molecule has 1 amide bonds. The van der Waals surface area contributed by atoms with E-state index < -0.39 is 4.92 Å². The molecule has 1 saturated heterocycles. The van der Waals surface area contributed by atoms with Gasteiger partial charge in [0.1, 0.15) is 0 Å². The van der Waals surface area contributed by atoms with E-state index in [1.807, 2.05) is 30.3 Å². The average molecular weight is 355 g/mol. The van der Waals surface area contributed by atoms with E-state index in [4.69, 9.17) is 4.74 Å². The molecule has 1 heterocycles. The second kappa shape index (κ2) is 7.18. The fraction of sp³-hybridized carbons (Fsp3) is 0.0588. The van der Waals surface area contributed by atoms with Crippen LogP contribution in [-0.4, -0.2) is 23.1 Å². The van der Waals surface area contributed by atoms with Gasteiger partial charge in [0.25, 0.3) is 5.91 Å². The summed E-state index contributed by atoms with van der Waals surface area (Å²) in [6.45, 7) is 0. The Kier molecular flexibility index (Phi) is 4.80. The first-order chi connectivity index (χ1) is 12.1. The van der Waals surface area contributed by atoms with Gasteiger partial charge in [-0.1, -0.05) is 30.3 Å². The van der Waals surface area contributed by atoms with Gasteiger partial charge in [-0.25, -0.2) is 4.99 Å². The molecule has 1 aliphatic heterocycles. The molecule has 0 atom stereocenters. The van der Waals surface area contributed by atoms with E-state index >= 15 is 0 Å². The van der Waals surface area contributed by atoms with Crippen LogP contribution in [0.5, 0.6) is 5.75 Å². The lowest BCUT2D eigenvalue weighted by Crippen LogP contribution is -2.19. The molecule has 126 valence electrons. The zero-order valence-corrected chi connectivity index (χ0v) is 13.9. The second-order valence-electron chi connectivity index (χ2n) is 4.97. The van der Waals surface area contributed by atoms with Gasteiger partial charge in [0.2, 0.25) is 5.75 Å². The van der Waals surface area contributed by atoms with E-state index in [1.165, 1.54) is 24.9 Å². The van der Waals surface area contributed by atoms with Crippen molar-refractivity contribution in [2.75, 3.05) is 7.11 Å². The Morgan fingerprint density at radius 1 is 1.20 bits per heavy atom. The monoisotopic (exact) mass is 355 g/mol. The fourth-order valence-electron chi connectivity index (χ4n) is 2.26. The topological polar surface area (TPSA) is 93.8 Å². The van der Waals surface area contributed by atoms with E-state index in [-0.39, 0.29) is 17.3 Å². The number of methoxy groups -OCH3 is 1. The predicted molar refractivity (Wildman–Crippen MR) is 96.9 cm³/mol. The maximum Gasteiger partial charge on any atom is 0.311 e. The first kappa shape index (κ1) is 16.7. The van der Waals surface area contributed by atoms with Crippen molar-refractivity contribution < 1.29 is 14.5 Å². The molecule has 0 aliphatic carbocycles. The van der Waals surface area contributed by atoms with Crippen molar-refractivity contribution in [3.05, 3.63) is 69.1 Å². The van der Waals surface area contributed by atoms with Crippen LogP contribution in [0.15, 0.2) is 58.4 Å². The highest BCUT2D eigenvalue weighted by Gasteiger charge is 2.25. The van der Waals surface area contributed by atoms with Gasteiger partial charge >= 0.3 is 5.69 Å². The number of carbonyl (C=O) groups excluding carboxylic acids is 1. The van der Waals surface area contributed by atoms with Gasteiger partial charge < -0.3 is 10.1 Å². The third-order valence-electron chi connectivity index (χ3n) is 3.35. The van der Waals surface area contributed by atoms with Crippen molar-refractivity contribution >= 4 is 40.3 Å². The Labute approximate surface area is 147 Å². The average Bonchev–Trinajstić information content (AvgIpc) is 2.94. The van der Waals surface area contributed by atoms with Crippen LogP contribution in [0.25, 0.3) is 6.08 Å². The van der Waals surface area contributed by atoms with E-state index in [2.05, 4.69) is 10.3 Å². The van der Waals surface area contributed by atoms with Crippen LogP contribution in [0, 0.1) is 10.1 Å². The summed E-state index contributed by atoms with van der Waals surface area (Å²) in [7, 11) is 1.36. The highest BCUT2D eigenvalue weighted by atomic mass is 32.2. The van der Waals surface area contributed by atoms with Crippen molar-refractivity contribution in [1.29, 1.82) is 0 Å². The highest BCUT2D eigenvalue weighted by molar-refractivity contribution is 8.18. The Morgan fingerprint density at radius 3 is 2.64 bits per heavy atom. The number of nitrogens with one attached hydrogen (secondary N) is 1. The minimum atomic E-state index is -0.523. The number of benzene rings is 2. The molecule has 2 aromatic rings. The number of hydrogen-bond acceptors (Lipinski definition) is 6. The Hall–Kier alpha value is -3.13. The molecular weight excluding hydrogens is 342 g/mol. The number of nitro groups is 1. The first-order valence-corrected chi connectivity index (χ1v) is 8.06. The number of nitrogens with zero attached hydrogens (tertiary/aromatic N) is 2. The van der Waals surface area contributed by atoms with Gasteiger partial charge in [0.15, 0.2) is 5.17 Å². The van der Waals surface area contributed by atoms with E-state index in [1.54, 1.807) is 18.2 Å². The summed E-state index contributed by atoms with van der Waals surface area (Å²) in [6.07, 6.45) is 1.55. The summed E-state index contributed by atoms with van der Waals surface area (Å²) in [6, 6.07) is 13.8. The molecule has 0 bridgehead atoms. The minimum Gasteiger partial charge on any atom is -0.490 e. The van der Waals surface area contributed by atoms with E-state index in [0.717, 1.165) is 5.69 Å². The van der Waals surface area contributed by atoms with Crippen LogP contribution >= 0.6 is 11.8 Å². The molecule has 1 N–H and O–H groups in total. The molecule has 7 nitrogen and oxygen atoms in total. The van der Waals surface area contributed by atoms with E-state index in [9.17, 15) is 14.9 Å². The van der Waals surface area contributed by atoms with Gasteiger partial charge in [-0.3, -0.25) is 14.9 Å². The number of para-hydroxylation sites is 2. The van der Waals surface area contributed by atoms with Crippen LogP contribution in [-0.2, 0) is 4.79 Å². The number of thioether (sulfide) groups is 1. The molecular formula is C17H13N3O4S. The molecule has 0 aromatic heterocycles. The molecule has 2 aromatic carbocycles. The van der Waals surface area contributed by atoms with Crippen molar-refractivity contribution in [2.24, 2.45) is 4.99 Å². The lowest BCUT2D eigenvalue weighted by molar-refractivity contribution is -0.385. The number of aliphatic imine (C=N–C) groups is 1. The smallest absolute Gasteiger partial charge is 0.311 e. The number of amides is 1. The number of carbonyl (C=O) groups is 1. The van der Waals surface area contributed by atoms with Crippen LogP contribution < -0.4 is 10.1 Å². The number of nitro benzene ring substituents is 1. The zero-order valence-electron chi connectivity index (χ0n) is 13.1. The zero-order chi connectivity index (χ0) is 17.8. The summed E-state index contributed by atoms with van der Waals surface area (Å²) in [4.78, 5) is 27.4. The van der Waals surface area contributed by atoms with Gasteiger partial charge in [0.05, 0.1) is 22.6 Å². The second-order valence-corrected chi connectivity index (χ2v) is 6.00. The molecule has 1 fully saturated rings. The number of ether oxygens (including phenoxy) is 1. The quantitative estimate of drug-likeness (QED) is 0.515. The summed E-state index contributed by atoms with van der Waals surface area (Å²) < 4.78 is 5.15. The molecule has 1 aliphatic rings. The van der Waals surface area contributed by atoms with Gasteiger partial charge in [-0.15, -0.1) is 0 Å². The number of amidine groups is 1. The predicted octanol–water partition coefficient (Wildman–Crippen LogP) is 3.50. The molecule has 0 spiro atoms. The summed E-state index contributed by atoms with van der Waals surface area (Å²) in [5, 5.41) is 14.2. The Balaban J connectivity index is 1.93. The molecule has 3 rings (SSSR count). The summed E-state index contributed by atoms with van der Waals surface area (Å²) >= 11 is 1.17. The van der Waals surface area contributed by atoms with Gasteiger partial charge in [-0.05, 0) is 30.0 Å². The maximum atomic E-state index is 12.1. The summed E-state index contributed by atoms with van der Waals surface area (Å²) in [5.74, 6) is -0.199. The first-order valence-electron chi connectivity index (χ1n) is 7.24. The third-order valence-corrected chi connectivity index (χ3v) is 4.26. The number of rotatable bonds is 4. The normalized spacial score (nSPS) is 16.9. The Morgan fingerprint density at radius 2 is 1.96 bits per heavy atom. The molecule has 8 heteroatoms. The van der Waals surface area contributed by atoms with Gasteiger partial charge in [-0.2, -0.15) is 0 Å². The van der Waals surface area contributed by atoms with E-state index in [0.29, 0.717) is 15.6 Å². The van der Waals surface area contributed by atoms with Crippen LogP contribution in [0.4, 0.5) is 11.4 Å². The Bertz CT molecular complexity index is 894. The molecule has 0 radical (unpaired) electrons. The third kappa shape index (κ3) is 3.69. The molecule has 0 unspecified atom stereocenters. The maximum absolute atomic E-state index is 12.1. The van der Waals surface area contributed by atoms with Crippen molar-refractivity contribution in [3.63, 3.8) is 0 Å². The molecule has 25 heavy (non-hydrogen) atoms. The van der Waals surface area contributed by atoms with Crippen molar-refractivity contribution in [1.82, 2.24) is 5.32 Å². The van der Waals surface area contributed by atoms with Crippen molar-refractivity contribution in [3.8, 4) is 5.75 Å². The van der Waals surface area contributed by atoms with Crippen molar-refractivity contribution in [2.45, 2.75) is 0 Å². The number of hydrogen-bond donors (Lipinski definition) is 1. The largest absolute Gasteiger partial charge is 0.490 e. The fourth-order valence-corrected chi connectivity index (χ4v) is 3.10. The highest BCUT2D eigenvalue weighted by Crippen LogP contribution is 2.35. The van der Waals surface area contributed by atoms with Crippen LogP contribution in [0.3, 0.4) is 0 Å². The van der Waals surface area contributed by atoms with Crippen LogP contribution in [0.2, 0.25) is 0 Å².